The van der Waals surface area contributed by atoms with Crippen LogP contribution in [0.1, 0.15) is 30.4 Å². The predicted molar refractivity (Wildman–Crippen MR) is 72.9 cm³/mol. The lowest BCUT2D eigenvalue weighted by Gasteiger charge is -2.35. The first-order valence-electron chi connectivity index (χ1n) is 6.40. The molecule has 1 fully saturated rings. The highest BCUT2D eigenvalue weighted by atomic mass is 16.5. The molecule has 3 nitrogen and oxygen atoms in total. The second kappa shape index (κ2) is 4.89. The first-order chi connectivity index (χ1) is 8.60. The third kappa shape index (κ3) is 2.28. The highest BCUT2D eigenvalue weighted by Gasteiger charge is 2.37. The molecule has 3 heteroatoms. The van der Waals surface area contributed by atoms with Crippen LogP contribution in [0.3, 0.4) is 0 Å². The van der Waals surface area contributed by atoms with E-state index < -0.39 is 0 Å². The Kier molecular flexibility index (Phi) is 3.47. The van der Waals surface area contributed by atoms with Crippen molar-refractivity contribution in [2.45, 2.75) is 33.1 Å². The third-order valence-corrected chi connectivity index (χ3v) is 3.98. The van der Waals surface area contributed by atoms with Crippen LogP contribution in [0.5, 0.6) is 5.75 Å². The summed E-state index contributed by atoms with van der Waals surface area (Å²) in [7, 11) is 1.68. The lowest BCUT2D eigenvalue weighted by Crippen LogP contribution is -2.35. The van der Waals surface area contributed by atoms with Crippen molar-refractivity contribution < 1.29 is 4.74 Å². The maximum atomic E-state index is 9.22. The molecule has 2 rings (SSSR count). The van der Waals surface area contributed by atoms with E-state index >= 15 is 0 Å². The Bertz CT molecular complexity index is 484. The molecule has 96 valence electrons. The van der Waals surface area contributed by atoms with Crippen LogP contribution < -0.4 is 10.1 Å². The zero-order chi connectivity index (χ0) is 13.2. The molecule has 0 bridgehead atoms. The largest absolute Gasteiger partial charge is 0.495 e. The Labute approximate surface area is 109 Å². The van der Waals surface area contributed by atoms with Crippen LogP contribution in [0.4, 0.5) is 5.69 Å². The van der Waals surface area contributed by atoms with Crippen molar-refractivity contribution in [2.24, 2.45) is 5.41 Å². The molecule has 0 radical (unpaired) electrons. The van der Waals surface area contributed by atoms with Crippen molar-refractivity contribution in [3.8, 4) is 11.8 Å². The zero-order valence-corrected chi connectivity index (χ0v) is 11.3. The van der Waals surface area contributed by atoms with Crippen LogP contribution in [-0.4, -0.2) is 13.7 Å². The number of ether oxygens (including phenoxy) is 1. The molecule has 1 aliphatic carbocycles. The van der Waals surface area contributed by atoms with E-state index in [9.17, 15) is 5.26 Å². The average molecular weight is 244 g/mol. The Hall–Kier alpha value is -1.69. The Morgan fingerprint density at radius 3 is 2.50 bits per heavy atom. The van der Waals surface area contributed by atoms with Gasteiger partial charge in [-0.15, -0.1) is 0 Å². The van der Waals surface area contributed by atoms with Gasteiger partial charge in [-0.3, -0.25) is 0 Å². The minimum absolute atomic E-state index is 0.163. The summed E-state index contributed by atoms with van der Waals surface area (Å²) in [6, 6.07) is 6.58. The van der Waals surface area contributed by atoms with Gasteiger partial charge in [-0.05, 0) is 49.9 Å². The van der Waals surface area contributed by atoms with Gasteiger partial charge >= 0.3 is 0 Å². The van der Waals surface area contributed by atoms with E-state index in [1.807, 2.05) is 6.07 Å². The molecule has 0 unspecified atom stereocenters. The quantitative estimate of drug-likeness (QED) is 0.882. The van der Waals surface area contributed by atoms with Gasteiger partial charge in [0.15, 0.2) is 0 Å². The van der Waals surface area contributed by atoms with Crippen molar-refractivity contribution in [3.63, 3.8) is 0 Å². The van der Waals surface area contributed by atoms with Crippen LogP contribution in [0.15, 0.2) is 12.1 Å². The molecule has 1 saturated carbocycles. The van der Waals surface area contributed by atoms with Gasteiger partial charge in [0.25, 0.3) is 0 Å². The van der Waals surface area contributed by atoms with Gasteiger partial charge in [-0.25, -0.2) is 0 Å². The summed E-state index contributed by atoms with van der Waals surface area (Å²) in [6.45, 7) is 4.87. The fraction of sp³-hybridized carbons (Fsp3) is 0.533. The fourth-order valence-electron chi connectivity index (χ4n) is 2.29. The summed E-state index contributed by atoms with van der Waals surface area (Å²) in [5.41, 5.74) is 3.28. The maximum absolute atomic E-state index is 9.22. The molecule has 0 spiro atoms. The summed E-state index contributed by atoms with van der Waals surface area (Å²) in [5.74, 6) is 0.852. The monoisotopic (exact) mass is 244 g/mol. The normalized spacial score (nSPS) is 16.6. The number of benzene rings is 1. The second-order valence-corrected chi connectivity index (χ2v) is 5.24. The van der Waals surface area contributed by atoms with Gasteiger partial charge < -0.3 is 10.1 Å². The number of methoxy groups -OCH3 is 1. The molecule has 1 aromatic rings. The minimum atomic E-state index is -0.163. The van der Waals surface area contributed by atoms with E-state index in [0.29, 0.717) is 6.54 Å². The first kappa shape index (κ1) is 12.8. The van der Waals surface area contributed by atoms with E-state index in [1.54, 1.807) is 7.11 Å². The Morgan fingerprint density at radius 1 is 1.33 bits per heavy atom. The van der Waals surface area contributed by atoms with Gasteiger partial charge in [0, 0.05) is 6.54 Å². The molecular formula is C15H20N2O. The van der Waals surface area contributed by atoms with E-state index in [0.717, 1.165) is 24.3 Å². The van der Waals surface area contributed by atoms with Gasteiger partial charge in [-0.2, -0.15) is 5.26 Å². The number of aryl methyl sites for hydroxylation is 2. The molecule has 0 aliphatic heterocycles. The molecule has 0 amide bonds. The summed E-state index contributed by atoms with van der Waals surface area (Å²) in [4.78, 5) is 0. The average Bonchev–Trinajstić information content (AvgIpc) is 2.32. The van der Waals surface area contributed by atoms with Crippen LogP contribution in [0.2, 0.25) is 0 Å². The molecule has 0 saturated heterocycles. The Balaban J connectivity index is 2.14. The minimum Gasteiger partial charge on any atom is -0.495 e. The number of anilines is 1. The lowest BCUT2D eigenvalue weighted by molar-refractivity contribution is 0.233. The SMILES string of the molecule is COc1cc(C)c(C)cc1NCC1(C#N)CCC1. The molecule has 1 aromatic carbocycles. The standard InChI is InChI=1S/C15H20N2O/c1-11-7-13(14(18-3)8-12(11)2)17-10-15(9-16)5-4-6-15/h7-8,17H,4-6,10H2,1-3H3. The van der Waals surface area contributed by atoms with Crippen LogP contribution in [-0.2, 0) is 0 Å². The fourth-order valence-corrected chi connectivity index (χ4v) is 2.29. The molecular weight excluding hydrogens is 224 g/mol. The number of nitrogens with one attached hydrogen (secondary N) is 1. The van der Waals surface area contributed by atoms with Crippen LogP contribution in [0, 0.1) is 30.6 Å². The summed E-state index contributed by atoms with van der Waals surface area (Å²) in [6.07, 6.45) is 3.17. The highest BCUT2D eigenvalue weighted by Crippen LogP contribution is 2.41. The molecule has 0 aromatic heterocycles. The van der Waals surface area contributed by atoms with E-state index in [2.05, 4.69) is 31.3 Å². The summed E-state index contributed by atoms with van der Waals surface area (Å²) in [5, 5.41) is 12.6. The predicted octanol–water partition coefficient (Wildman–Crippen LogP) is 3.42. The van der Waals surface area contributed by atoms with E-state index in [4.69, 9.17) is 4.74 Å². The van der Waals surface area contributed by atoms with Gasteiger partial charge in [0.05, 0.1) is 24.3 Å². The molecule has 1 aliphatic rings. The smallest absolute Gasteiger partial charge is 0.142 e. The first-order valence-corrected chi connectivity index (χ1v) is 6.40. The van der Waals surface area contributed by atoms with Crippen LogP contribution in [0.25, 0.3) is 0 Å². The topological polar surface area (TPSA) is 45.0 Å². The van der Waals surface area contributed by atoms with Crippen molar-refractivity contribution >= 4 is 5.69 Å². The van der Waals surface area contributed by atoms with Crippen molar-refractivity contribution in [2.75, 3.05) is 19.0 Å². The maximum Gasteiger partial charge on any atom is 0.142 e. The van der Waals surface area contributed by atoms with E-state index in [-0.39, 0.29) is 5.41 Å². The van der Waals surface area contributed by atoms with Crippen LogP contribution >= 0.6 is 0 Å². The van der Waals surface area contributed by atoms with Gasteiger partial charge in [0.2, 0.25) is 0 Å². The molecule has 0 heterocycles. The molecule has 18 heavy (non-hydrogen) atoms. The number of rotatable bonds is 4. The molecule has 1 N–H and O–H groups in total. The van der Waals surface area contributed by atoms with Gasteiger partial charge in [-0.1, -0.05) is 6.42 Å². The summed E-state index contributed by atoms with van der Waals surface area (Å²) >= 11 is 0. The summed E-state index contributed by atoms with van der Waals surface area (Å²) < 4.78 is 5.39. The third-order valence-electron chi connectivity index (χ3n) is 3.98. The highest BCUT2D eigenvalue weighted by molar-refractivity contribution is 5.60. The van der Waals surface area contributed by atoms with Crippen molar-refractivity contribution in [1.29, 1.82) is 5.26 Å². The number of nitriles is 1. The second-order valence-electron chi connectivity index (χ2n) is 5.24. The number of hydrogen-bond donors (Lipinski definition) is 1. The zero-order valence-electron chi connectivity index (χ0n) is 11.3. The Morgan fingerprint density at radius 2 is 2.00 bits per heavy atom. The molecule has 0 atom stereocenters. The van der Waals surface area contributed by atoms with Gasteiger partial charge in [0.1, 0.15) is 5.75 Å². The number of nitrogens with zero attached hydrogens (tertiary/aromatic N) is 1. The van der Waals surface area contributed by atoms with E-state index in [1.165, 1.54) is 17.5 Å². The van der Waals surface area contributed by atoms with Crippen molar-refractivity contribution in [1.82, 2.24) is 0 Å². The lowest BCUT2D eigenvalue weighted by atomic mass is 9.70. The van der Waals surface area contributed by atoms with Crippen molar-refractivity contribution in [3.05, 3.63) is 23.3 Å². The number of hydrogen-bond acceptors (Lipinski definition) is 3.